The number of hydrogen-bond acceptors (Lipinski definition) is 2. The van der Waals surface area contributed by atoms with Gasteiger partial charge in [0.15, 0.2) is 0 Å². The third kappa shape index (κ3) is 11.3. The summed E-state index contributed by atoms with van der Waals surface area (Å²) >= 11 is 0. The highest BCUT2D eigenvalue weighted by molar-refractivity contribution is 7.00. The third-order valence-electron chi connectivity index (χ3n) is 28.7. The van der Waals surface area contributed by atoms with E-state index >= 15 is 0 Å². The second kappa shape index (κ2) is 29.0. The van der Waals surface area contributed by atoms with E-state index in [1.807, 2.05) is 0 Å². The SMILES string of the molecule is CC(C)(C)c1cc(-c2ccccc2)c(N2c3cc(-n4c5ccccc5c5cc6c(cc54)C(c4ccccc4)(c4ccccc4)c4ccccc4-6)ccc3B3c4ccc(-n5c6ccccc6c6cc7c(cc65)C(c5ccccc5)(c5ccccc5)c5ccccc5-7)cc4N(c4c(-c5ccccc5)cccc4-c4ccccc4)c4cc(C(C)(C)C)cc2c43)c(-c2ccccc2)c1. The van der Waals surface area contributed by atoms with Crippen LogP contribution in [0.5, 0.6) is 0 Å². The largest absolute Gasteiger partial charge is 0.310 e. The molecule has 0 saturated heterocycles. The van der Waals surface area contributed by atoms with E-state index in [2.05, 4.69) is 503 Å². The van der Waals surface area contributed by atoms with E-state index in [1.165, 1.54) is 116 Å². The van der Waals surface area contributed by atoms with Gasteiger partial charge in [-0.1, -0.05) is 399 Å². The average Bonchev–Trinajstić information content (AvgIpc) is 1.42. The fraction of sp³-hybridized carbons (Fsp3) is 0.0806. The van der Waals surface area contributed by atoms with Crippen LogP contribution in [-0.2, 0) is 21.7 Å². The zero-order chi connectivity index (χ0) is 86.2. The summed E-state index contributed by atoms with van der Waals surface area (Å²) in [6.45, 7) is 14.0. The van der Waals surface area contributed by atoms with Gasteiger partial charge in [-0.3, -0.25) is 0 Å². The van der Waals surface area contributed by atoms with Gasteiger partial charge in [-0.05, 0) is 212 Å². The minimum Gasteiger partial charge on any atom is -0.310 e. The summed E-state index contributed by atoms with van der Waals surface area (Å²) in [7, 11) is 0. The van der Waals surface area contributed by atoms with Crippen molar-refractivity contribution in [2.75, 3.05) is 9.80 Å². The number of benzene rings is 19. The molecule has 129 heavy (non-hydrogen) atoms. The van der Waals surface area contributed by atoms with Gasteiger partial charge >= 0.3 is 0 Å². The lowest BCUT2D eigenvalue weighted by Crippen LogP contribution is -2.61. The van der Waals surface area contributed by atoms with Crippen molar-refractivity contribution in [2.24, 2.45) is 0 Å². The lowest BCUT2D eigenvalue weighted by Gasteiger charge is -2.46. The van der Waals surface area contributed by atoms with Crippen LogP contribution in [0.1, 0.15) is 97.2 Å². The Kier molecular flexibility index (Phi) is 17.1. The molecule has 0 unspecified atom stereocenters. The van der Waals surface area contributed by atoms with Crippen molar-refractivity contribution < 1.29 is 0 Å². The highest BCUT2D eigenvalue weighted by atomic mass is 15.2. The highest BCUT2D eigenvalue weighted by Gasteiger charge is 2.51. The predicted molar refractivity (Wildman–Crippen MR) is 543 cm³/mol. The van der Waals surface area contributed by atoms with Crippen LogP contribution in [0.4, 0.5) is 34.1 Å². The van der Waals surface area contributed by atoms with Crippen molar-refractivity contribution in [1.29, 1.82) is 0 Å². The fourth-order valence-corrected chi connectivity index (χ4v) is 23.0. The number of nitrogens with zero attached hydrogens (tertiary/aromatic N) is 4. The van der Waals surface area contributed by atoms with Crippen molar-refractivity contribution in [3.05, 3.63) is 498 Å². The summed E-state index contributed by atoms with van der Waals surface area (Å²) in [5.74, 6) is 0. The van der Waals surface area contributed by atoms with Crippen LogP contribution in [0.15, 0.2) is 443 Å². The number of hydrogen-bond donors (Lipinski definition) is 0. The van der Waals surface area contributed by atoms with Crippen LogP contribution in [0.25, 0.3) is 122 Å². The minimum atomic E-state index is -0.639. The Balaban J connectivity index is 0.823. The Labute approximate surface area is 754 Å². The number of anilines is 6. The second-order valence-electron chi connectivity index (χ2n) is 37.7. The average molecular weight is 1650 g/mol. The second-order valence-corrected chi connectivity index (χ2v) is 37.7. The Morgan fingerprint density at radius 3 is 0.899 bits per heavy atom. The van der Waals surface area contributed by atoms with E-state index in [1.54, 1.807) is 0 Å². The molecule has 2 aliphatic carbocycles. The van der Waals surface area contributed by atoms with Crippen LogP contribution >= 0.6 is 0 Å². The zero-order valence-corrected chi connectivity index (χ0v) is 73.0. The van der Waals surface area contributed by atoms with E-state index in [0.717, 1.165) is 112 Å². The molecule has 0 atom stereocenters. The molecule has 4 aliphatic rings. The van der Waals surface area contributed by atoms with Gasteiger partial charge in [0, 0.05) is 77.9 Å². The number of para-hydroxylation sites is 3. The van der Waals surface area contributed by atoms with E-state index in [0.29, 0.717) is 0 Å². The molecule has 610 valence electrons. The normalized spacial score (nSPS) is 13.7. The summed E-state index contributed by atoms with van der Waals surface area (Å²) in [5.41, 5.74) is 41.8. The first-order chi connectivity index (χ1) is 63.3. The molecule has 0 saturated carbocycles. The Morgan fingerprint density at radius 2 is 0.527 bits per heavy atom. The van der Waals surface area contributed by atoms with Crippen molar-refractivity contribution in [3.63, 3.8) is 0 Å². The van der Waals surface area contributed by atoms with E-state index in [4.69, 9.17) is 0 Å². The van der Waals surface area contributed by atoms with Gasteiger partial charge in [0.05, 0.1) is 44.3 Å². The van der Waals surface area contributed by atoms with Gasteiger partial charge in [0.1, 0.15) is 0 Å². The van der Waals surface area contributed by atoms with Crippen molar-refractivity contribution in [1.82, 2.24) is 9.13 Å². The Morgan fingerprint density at radius 1 is 0.217 bits per heavy atom. The van der Waals surface area contributed by atoms with Gasteiger partial charge in [0.2, 0.25) is 0 Å². The van der Waals surface area contributed by atoms with Crippen LogP contribution in [0.3, 0.4) is 0 Å². The van der Waals surface area contributed by atoms with Crippen LogP contribution in [0.2, 0.25) is 0 Å². The smallest absolute Gasteiger partial charge is 0.252 e. The summed E-state index contributed by atoms with van der Waals surface area (Å²) in [5, 5.41) is 4.81. The predicted octanol–water partition coefficient (Wildman–Crippen LogP) is 30.0. The highest BCUT2D eigenvalue weighted by Crippen LogP contribution is 2.62. The quantitative estimate of drug-likeness (QED) is 0.113. The van der Waals surface area contributed by atoms with Gasteiger partial charge in [-0.2, -0.15) is 0 Å². The molecule has 5 heteroatoms. The molecule has 19 aromatic carbocycles. The summed E-state index contributed by atoms with van der Waals surface area (Å²) < 4.78 is 5.21. The molecule has 4 nitrogen and oxygen atoms in total. The molecular formula is C124H91BN4. The lowest BCUT2D eigenvalue weighted by atomic mass is 9.33. The molecule has 2 aliphatic heterocycles. The van der Waals surface area contributed by atoms with Gasteiger partial charge in [-0.25, -0.2) is 0 Å². The van der Waals surface area contributed by atoms with Gasteiger partial charge in [0.25, 0.3) is 6.71 Å². The zero-order valence-electron chi connectivity index (χ0n) is 73.0. The lowest BCUT2D eigenvalue weighted by molar-refractivity contribution is 0.590. The molecule has 25 rings (SSSR count). The topological polar surface area (TPSA) is 16.3 Å². The Hall–Kier alpha value is -15.6. The van der Waals surface area contributed by atoms with E-state index in [9.17, 15) is 0 Å². The summed E-state index contributed by atoms with van der Waals surface area (Å²) in [6, 6.07) is 169. The monoisotopic (exact) mass is 1650 g/mol. The van der Waals surface area contributed by atoms with Crippen molar-refractivity contribution >= 4 is 101 Å². The first kappa shape index (κ1) is 75.9. The summed E-state index contributed by atoms with van der Waals surface area (Å²) in [6.07, 6.45) is 0. The van der Waals surface area contributed by atoms with Crippen LogP contribution in [0, 0.1) is 0 Å². The molecule has 0 spiro atoms. The molecule has 0 fully saturated rings. The van der Waals surface area contributed by atoms with Crippen LogP contribution < -0.4 is 26.2 Å². The first-order valence-electron chi connectivity index (χ1n) is 45.5. The van der Waals surface area contributed by atoms with Gasteiger partial charge in [-0.15, -0.1) is 0 Å². The maximum atomic E-state index is 2.76. The Bertz CT molecular complexity index is 7910. The van der Waals surface area contributed by atoms with Gasteiger partial charge < -0.3 is 18.9 Å². The maximum Gasteiger partial charge on any atom is 0.252 e. The molecular weight excluding hydrogens is 1560 g/mol. The first-order valence-corrected chi connectivity index (χ1v) is 45.5. The van der Waals surface area contributed by atoms with Crippen molar-refractivity contribution in [3.8, 4) is 78.1 Å². The summed E-state index contributed by atoms with van der Waals surface area (Å²) in [4.78, 5) is 5.50. The fourth-order valence-electron chi connectivity index (χ4n) is 23.0. The molecule has 0 amide bonds. The molecule has 0 radical (unpaired) electrons. The third-order valence-corrected chi connectivity index (χ3v) is 28.7. The molecule has 2 aromatic heterocycles. The standard InChI is InChI=1S/C124H91BN4/c1-121(2,3)88-70-98(82-44-19-9-20-45-82)120(99(71-88)83-46-21-10-22-47-83)129-115-75-91(127-111-65-38-34-59-97(111)103-77-101-95-57-32-36-63-105(95)124(107(101)79-113(103)127,86-52-27-13-28-53-86)87-54-29-14-30-55-87)67-69-109(115)125-108-68-66-90(74-114(108)128(116-72-89(122(4,5)6)73-117(129)118(116)125)119-92(80-40-15-7-16-41-80)60-39-61-93(119)81-42-17-8-18-43-81)126-110-64-37-33-58-96(110)102-76-100-94-56-31-35-62-104(94)123(106(100)78-112(102)126,84-48-23-11-24-49-84)85-50-25-12-26-51-85/h7-79H,1-6H3. The molecule has 0 bridgehead atoms. The van der Waals surface area contributed by atoms with E-state index < -0.39 is 10.8 Å². The number of rotatable bonds is 12. The van der Waals surface area contributed by atoms with Crippen molar-refractivity contribution in [2.45, 2.75) is 63.2 Å². The number of fused-ring (bicyclic) bond motifs is 16. The number of aromatic nitrogens is 2. The van der Waals surface area contributed by atoms with Crippen LogP contribution in [-0.4, -0.2) is 15.8 Å². The molecule has 0 N–H and O–H groups in total. The maximum absolute atomic E-state index is 2.76. The molecule has 4 heterocycles. The minimum absolute atomic E-state index is 0.239. The van der Waals surface area contributed by atoms with E-state index in [-0.39, 0.29) is 17.5 Å². The molecule has 21 aromatic rings.